The van der Waals surface area contributed by atoms with Gasteiger partial charge in [-0.25, -0.2) is 0 Å². The van der Waals surface area contributed by atoms with Gasteiger partial charge in [0, 0.05) is 24.2 Å². The van der Waals surface area contributed by atoms with Gasteiger partial charge in [-0.05, 0) is 59.2 Å². The number of anilines is 1. The van der Waals surface area contributed by atoms with Gasteiger partial charge in [0.15, 0.2) is 0 Å². The normalized spacial score (nSPS) is 19.1. The maximum atomic E-state index is 12.6. The van der Waals surface area contributed by atoms with E-state index in [-0.39, 0.29) is 17.9 Å². The lowest BCUT2D eigenvalue weighted by Gasteiger charge is -2.33. The molecule has 1 saturated carbocycles. The zero-order valence-electron chi connectivity index (χ0n) is 15.4. The van der Waals surface area contributed by atoms with Crippen molar-refractivity contribution in [3.8, 4) is 0 Å². The Morgan fingerprint density at radius 3 is 2.48 bits per heavy atom. The van der Waals surface area contributed by atoms with Crippen molar-refractivity contribution < 1.29 is 4.79 Å². The lowest BCUT2D eigenvalue weighted by molar-refractivity contribution is -0.119. The van der Waals surface area contributed by atoms with Crippen LogP contribution < -0.4 is 10.6 Å². The van der Waals surface area contributed by atoms with Crippen molar-refractivity contribution in [2.75, 3.05) is 11.4 Å². The maximum absolute atomic E-state index is 12.6. The van der Waals surface area contributed by atoms with E-state index in [2.05, 4.69) is 60.7 Å². The van der Waals surface area contributed by atoms with E-state index in [4.69, 9.17) is 5.73 Å². The van der Waals surface area contributed by atoms with E-state index in [1.165, 1.54) is 21.9 Å². The Bertz CT molecular complexity index is 1020. The highest BCUT2D eigenvalue weighted by atomic mass is 16.2. The maximum Gasteiger partial charge on any atom is 0.230 e. The molecule has 1 atom stereocenters. The van der Waals surface area contributed by atoms with E-state index in [9.17, 15) is 4.79 Å². The molecule has 0 spiro atoms. The monoisotopic (exact) mass is 356 g/mol. The van der Waals surface area contributed by atoms with Gasteiger partial charge >= 0.3 is 0 Å². The number of hydrogen-bond acceptors (Lipinski definition) is 2. The molecule has 3 heteroatoms. The van der Waals surface area contributed by atoms with Gasteiger partial charge in [0.25, 0.3) is 0 Å². The van der Waals surface area contributed by atoms with Gasteiger partial charge in [0.1, 0.15) is 0 Å². The molecule has 136 valence electrons. The Balaban J connectivity index is 1.45. The summed E-state index contributed by atoms with van der Waals surface area (Å²) in [4.78, 5) is 14.6. The lowest BCUT2D eigenvalue weighted by Crippen LogP contribution is -2.39. The molecular weight excluding hydrogens is 332 g/mol. The van der Waals surface area contributed by atoms with E-state index in [0.29, 0.717) is 0 Å². The lowest BCUT2D eigenvalue weighted by atomic mass is 9.92. The van der Waals surface area contributed by atoms with Gasteiger partial charge in [-0.1, -0.05) is 54.6 Å². The van der Waals surface area contributed by atoms with E-state index in [1.54, 1.807) is 0 Å². The number of nitrogens with two attached hydrogens (primary N) is 1. The van der Waals surface area contributed by atoms with Crippen molar-refractivity contribution in [2.24, 2.45) is 11.7 Å². The Kier molecular flexibility index (Phi) is 3.98. The van der Waals surface area contributed by atoms with Gasteiger partial charge in [0.05, 0.1) is 0 Å². The first-order valence-electron chi connectivity index (χ1n) is 9.86. The van der Waals surface area contributed by atoms with Crippen LogP contribution in [0.25, 0.3) is 10.8 Å². The Hall–Kier alpha value is -2.65. The minimum atomic E-state index is 0.0137. The number of carbonyl (C=O) groups excluding carboxylic acids is 1. The summed E-state index contributed by atoms with van der Waals surface area (Å²) in [5.74, 6) is 0.523. The smallest absolute Gasteiger partial charge is 0.230 e. The SMILES string of the molecule is N[C@@H]1CCN(C(=O)C2CC2)c2ccc(Cc3ccc4ccccc4c3)cc21. The molecule has 0 bridgehead atoms. The molecule has 0 unspecified atom stereocenters. The van der Waals surface area contributed by atoms with Crippen LogP contribution in [0.2, 0.25) is 0 Å². The number of rotatable bonds is 3. The van der Waals surface area contributed by atoms with Crippen molar-refractivity contribution in [1.29, 1.82) is 0 Å². The number of hydrogen-bond donors (Lipinski definition) is 1. The predicted molar refractivity (Wildman–Crippen MR) is 110 cm³/mol. The third-order valence-electron chi connectivity index (χ3n) is 5.86. The average Bonchev–Trinajstić information content (AvgIpc) is 3.53. The van der Waals surface area contributed by atoms with E-state index in [1.807, 2.05) is 4.90 Å². The molecule has 2 aliphatic rings. The van der Waals surface area contributed by atoms with Gasteiger partial charge in [-0.3, -0.25) is 4.79 Å². The van der Waals surface area contributed by atoms with Crippen LogP contribution in [0, 0.1) is 5.92 Å². The molecule has 1 aliphatic carbocycles. The molecule has 3 aromatic carbocycles. The molecule has 0 saturated heterocycles. The summed E-state index contributed by atoms with van der Waals surface area (Å²) >= 11 is 0. The first-order valence-corrected chi connectivity index (χ1v) is 9.86. The number of carbonyl (C=O) groups is 1. The van der Waals surface area contributed by atoms with E-state index < -0.39 is 0 Å². The van der Waals surface area contributed by atoms with Gasteiger partial charge in [-0.2, -0.15) is 0 Å². The predicted octanol–water partition coefficient (Wildman–Crippen LogP) is 4.58. The fraction of sp³-hybridized carbons (Fsp3) is 0.292. The van der Waals surface area contributed by atoms with E-state index in [0.717, 1.165) is 43.5 Å². The Labute approximate surface area is 159 Å². The molecule has 1 fully saturated rings. The summed E-state index contributed by atoms with van der Waals surface area (Å²) in [6.07, 6.45) is 3.79. The summed E-state index contributed by atoms with van der Waals surface area (Å²) in [6.45, 7) is 0.744. The molecule has 0 radical (unpaired) electrons. The topological polar surface area (TPSA) is 46.3 Å². The molecular formula is C24H24N2O. The number of benzene rings is 3. The first kappa shape index (κ1) is 16.5. The Morgan fingerprint density at radius 1 is 0.926 bits per heavy atom. The van der Waals surface area contributed by atoms with Crippen molar-refractivity contribution in [3.05, 3.63) is 77.4 Å². The molecule has 1 aliphatic heterocycles. The van der Waals surface area contributed by atoms with Crippen LogP contribution in [0.5, 0.6) is 0 Å². The number of fused-ring (bicyclic) bond motifs is 2. The Morgan fingerprint density at radius 2 is 1.67 bits per heavy atom. The van der Waals surface area contributed by atoms with Crippen molar-refractivity contribution in [2.45, 2.75) is 31.7 Å². The molecule has 1 heterocycles. The molecule has 0 aromatic heterocycles. The number of nitrogens with zero attached hydrogens (tertiary/aromatic N) is 1. The van der Waals surface area contributed by atoms with Gasteiger partial charge < -0.3 is 10.6 Å². The molecule has 2 N–H and O–H groups in total. The van der Waals surface area contributed by atoms with Crippen molar-refractivity contribution in [3.63, 3.8) is 0 Å². The second-order valence-corrected chi connectivity index (χ2v) is 7.91. The highest BCUT2D eigenvalue weighted by Crippen LogP contribution is 2.38. The second-order valence-electron chi connectivity index (χ2n) is 7.91. The zero-order valence-corrected chi connectivity index (χ0v) is 15.4. The van der Waals surface area contributed by atoms with Crippen LogP contribution in [0.4, 0.5) is 5.69 Å². The van der Waals surface area contributed by atoms with Gasteiger partial charge in [-0.15, -0.1) is 0 Å². The van der Waals surface area contributed by atoms with Crippen LogP contribution in [-0.2, 0) is 11.2 Å². The minimum absolute atomic E-state index is 0.0137. The minimum Gasteiger partial charge on any atom is -0.324 e. The van der Waals surface area contributed by atoms with Crippen LogP contribution in [0.15, 0.2) is 60.7 Å². The zero-order chi connectivity index (χ0) is 18.4. The van der Waals surface area contributed by atoms with E-state index >= 15 is 0 Å². The van der Waals surface area contributed by atoms with Crippen LogP contribution >= 0.6 is 0 Å². The molecule has 1 amide bonds. The summed E-state index contributed by atoms with van der Waals surface area (Å²) in [5.41, 5.74) is 11.1. The third kappa shape index (κ3) is 3.13. The molecule has 3 nitrogen and oxygen atoms in total. The van der Waals surface area contributed by atoms with Gasteiger partial charge in [0.2, 0.25) is 5.91 Å². The molecule has 3 aromatic rings. The molecule has 5 rings (SSSR count). The van der Waals surface area contributed by atoms with Crippen molar-refractivity contribution in [1.82, 2.24) is 0 Å². The van der Waals surface area contributed by atoms with Crippen LogP contribution in [-0.4, -0.2) is 12.5 Å². The molecule has 27 heavy (non-hydrogen) atoms. The highest BCUT2D eigenvalue weighted by molar-refractivity contribution is 5.97. The average molecular weight is 356 g/mol. The summed E-state index contributed by atoms with van der Waals surface area (Å²) in [6, 6.07) is 21.6. The third-order valence-corrected chi connectivity index (χ3v) is 5.86. The van der Waals surface area contributed by atoms with Crippen molar-refractivity contribution >= 4 is 22.4 Å². The highest BCUT2D eigenvalue weighted by Gasteiger charge is 2.36. The number of amides is 1. The quantitative estimate of drug-likeness (QED) is 0.747. The summed E-state index contributed by atoms with van der Waals surface area (Å²) in [7, 11) is 0. The first-order chi connectivity index (χ1) is 13.2. The second kappa shape index (κ2) is 6.50. The van der Waals surface area contributed by atoms with Crippen LogP contribution in [0.1, 0.15) is 42.0 Å². The summed E-state index contributed by atoms with van der Waals surface area (Å²) < 4.78 is 0. The standard InChI is InChI=1S/C24H24N2O/c25-22-11-12-26(24(27)19-8-9-19)23-10-6-17(15-21(22)23)13-16-5-7-18-3-1-2-4-20(18)14-16/h1-7,10,14-15,19,22H,8-9,11-13,25H2/t22-/m1/s1. The summed E-state index contributed by atoms with van der Waals surface area (Å²) in [5, 5.41) is 2.54. The fourth-order valence-corrected chi connectivity index (χ4v) is 4.16. The largest absolute Gasteiger partial charge is 0.324 e. The van der Waals surface area contributed by atoms with Crippen LogP contribution in [0.3, 0.4) is 0 Å². The fourth-order valence-electron chi connectivity index (χ4n) is 4.16.